The van der Waals surface area contributed by atoms with Crippen LogP contribution in [0.25, 0.3) is 0 Å². The maximum absolute atomic E-state index is 13.0. The maximum Gasteiger partial charge on any atom is 0.289 e. The second-order valence-electron chi connectivity index (χ2n) is 7.95. The predicted octanol–water partition coefficient (Wildman–Crippen LogP) is 3.18. The van der Waals surface area contributed by atoms with Crippen LogP contribution in [-0.2, 0) is 11.3 Å². The Morgan fingerprint density at radius 1 is 0.939 bits per heavy atom. The van der Waals surface area contributed by atoms with E-state index in [1.54, 1.807) is 29.0 Å². The maximum atomic E-state index is 13.0. The van der Waals surface area contributed by atoms with E-state index in [1.165, 1.54) is 0 Å². The van der Waals surface area contributed by atoms with E-state index in [9.17, 15) is 9.59 Å². The van der Waals surface area contributed by atoms with Gasteiger partial charge in [0.25, 0.3) is 11.8 Å². The summed E-state index contributed by atoms with van der Waals surface area (Å²) in [5.41, 5.74) is 1.73. The summed E-state index contributed by atoms with van der Waals surface area (Å²) in [6, 6.07) is 18.7. The fourth-order valence-electron chi connectivity index (χ4n) is 4.26. The summed E-state index contributed by atoms with van der Waals surface area (Å²) < 4.78 is 16.8. The van der Waals surface area contributed by atoms with Crippen molar-refractivity contribution in [3.63, 3.8) is 0 Å². The molecule has 0 bridgehead atoms. The number of nitrogens with zero attached hydrogens (tertiary/aromatic N) is 3. The van der Waals surface area contributed by atoms with Gasteiger partial charge in [0, 0.05) is 26.2 Å². The third-order valence-electron chi connectivity index (χ3n) is 5.99. The molecule has 3 aromatic rings. The molecule has 8 nitrogen and oxygen atoms in total. The average molecular weight is 447 g/mol. The first kappa shape index (κ1) is 20.9. The summed E-state index contributed by atoms with van der Waals surface area (Å²) >= 11 is 0. The number of hydrogen-bond donors (Lipinski definition) is 0. The van der Waals surface area contributed by atoms with Gasteiger partial charge in [-0.25, -0.2) is 0 Å². The number of hydrogen-bond acceptors (Lipinski definition) is 6. The van der Waals surface area contributed by atoms with Crippen molar-refractivity contribution in [2.75, 3.05) is 49.7 Å². The number of benzene rings is 2. The lowest BCUT2D eigenvalue weighted by Gasteiger charge is -2.36. The van der Waals surface area contributed by atoms with Crippen LogP contribution in [-0.4, -0.2) is 56.6 Å². The van der Waals surface area contributed by atoms with E-state index in [1.807, 2.05) is 48.5 Å². The molecule has 33 heavy (non-hydrogen) atoms. The van der Waals surface area contributed by atoms with Crippen molar-refractivity contribution in [3.05, 3.63) is 72.2 Å². The van der Waals surface area contributed by atoms with Crippen molar-refractivity contribution in [1.82, 2.24) is 4.90 Å². The Bertz CT molecular complexity index is 1170. The lowest BCUT2D eigenvalue weighted by Crippen LogP contribution is -2.48. The van der Waals surface area contributed by atoms with Crippen molar-refractivity contribution in [2.24, 2.45) is 0 Å². The Morgan fingerprint density at radius 2 is 1.67 bits per heavy atom. The number of carbonyl (C=O) groups is 2. The quantitative estimate of drug-likeness (QED) is 0.598. The highest BCUT2D eigenvalue weighted by Crippen LogP contribution is 2.33. The van der Waals surface area contributed by atoms with Crippen molar-refractivity contribution in [3.8, 4) is 11.5 Å². The van der Waals surface area contributed by atoms with Crippen LogP contribution in [0.5, 0.6) is 11.5 Å². The highest BCUT2D eigenvalue weighted by molar-refractivity contribution is 5.97. The van der Waals surface area contributed by atoms with Crippen molar-refractivity contribution in [2.45, 2.75) is 6.54 Å². The largest absolute Gasteiger partial charge is 0.495 e. The number of methoxy groups -OCH3 is 1. The highest BCUT2D eigenvalue weighted by Gasteiger charge is 2.28. The smallest absolute Gasteiger partial charge is 0.289 e. The Labute approximate surface area is 191 Å². The van der Waals surface area contributed by atoms with Gasteiger partial charge in [-0.3, -0.25) is 14.5 Å². The van der Waals surface area contributed by atoms with Crippen LogP contribution in [0.1, 0.15) is 16.3 Å². The second-order valence-corrected chi connectivity index (χ2v) is 7.95. The molecule has 1 aromatic heterocycles. The van der Waals surface area contributed by atoms with Crippen LogP contribution >= 0.6 is 0 Å². The number of furan rings is 1. The molecule has 0 unspecified atom stereocenters. The molecular formula is C25H25N3O5. The van der Waals surface area contributed by atoms with Gasteiger partial charge in [-0.1, -0.05) is 24.3 Å². The zero-order valence-corrected chi connectivity index (χ0v) is 18.4. The molecule has 2 aromatic carbocycles. The van der Waals surface area contributed by atoms with E-state index in [4.69, 9.17) is 13.9 Å². The van der Waals surface area contributed by atoms with E-state index in [0.717, 1.165) is 11.4 Å². The molecule has 2 aliphatic rings. The fraction of sp³-hybridized carbons (Fsp3) is 0.280. The van der Waals surface area contributed by atoms with Gasteiger partial charge in [-0.15, -0.1) is 0 Å². The molecular weight excluding hydrogens is 422 g/mol. The lowest BCUT2D eigenvalue weighted by atomic mass is 10.2. The number of anilines is 2. The van der Waals surface area contributed by atoms with Crippen molar-refractivity contribution in [1.29, 1.82) is 0 Å². The van der Waals surface area contributed by atoms with E-state index in [0.29, 0.717) is 43.4 Å². The SMILES string of the molecule is COc1ccccc1N1CCN(C(=O)c2ccc(CN3C(=O)COc4ccccc43)o2)CC1. The number of ether oxygens (including phenoxy) is 2. The van der Waals surface area contributed by atoms with E-state index >= 15 is 0 Å². The van der Waals surface area contributed by atoms with Gasteiger partial charge in [-0.05, 0) is 36.4 Å². The van der Waals surface area contributed by atoms with Gasteiger partial charge in [0.2, 0.25) is 0 Å². The van der Waals surface area contributed by atoms with Gasteiger partial charge in [0.15, 0.2) is 12.4 Å². The van der Waals surface area contributed by atoms with Gasteiger partial charge < -0.3 is 23.7 Å². The molecule has 0 atom stereocenters. The minimum Gasteiger partial charge on any atom is -0.495 e. The minimum atomic E-state index is -0.148. The molecule has 0 aliphatic carbocycles. The summed E-state index contributed by atoms with van der Waals surface area (Å²) in [5.74, 6) is 2.03. The molecule has 2 amide bonds. The average Bonchev–Trinajstić information content (AvgIpc) is 3.34. The predicted molar refractivity (Wildman–Crippen MR) is 123 cm³/mol. The first-order valence-electron chi connectivity index (χ1n) is 10.9. The van der Waals surface area contributed by atoms with Crippen molar-refractivity contribution >= 4 is 23.2 Å². The van der Waals surface area contributed by atoms with E-state index in [-0.39, 0.29) is 30.7 Å². The number of rotatable bonds is 5. The molecule has 1 fully saturated rings. The zero-order valence-electron chi connectivity index (χ0n) is 18.4. The number of amides is 2. The first-order chi connectivity index (χ1) is 16.1. The summed E-state index contributed by atoms with van der Waals surface area (Å²) in [5, 5.41) is 0. The number of piperazine rings is 1. The number of carbonyl (C=O) groups excluding carboxylic acids is 2. The third-order valence-corrected chi connectivity index (χ3v) is 5.99. The first-order valence-corrected chi connectivity index (χ1v) is 10.9. The monoisotopic (exact) mass is 447 g/mol. The van der Waals surface area contributed by atoms with Gasteiger partial charge in [-0.2, -0.15) is 0 Å². The molecule has 2 aliphatic heterocycles. The van der Waals surface area contributed by atoms with Gasteiger partial charge in [0.05, 0.1) is 25.0 Å². The summed E-state index contributed by atoms with van der Waals surface area (Å²) in [6.45, 7) is 2.82. The Balaban J connectivity index is 1.24. The van der Waals surface area contributed by atoms with Crippen LogP contribution in [0, 0.1) is 0 Å². The fourth-order valence-corrected chi connectivity index (χ4v) is 4.26. The van der Waals surface area contributed by atoms with Crippen LogP contribution in [0.15, 0.2) is 65.1 Å². The molecule has 8 heteroatoms. The van der Waals surface area contributed by atoms with E-state index in [2.05, 4.69) is 4.90 Å². The third kappa shape index (κ3) is 4.11. The molecule has 3 heterocycles. The molecule has 0 saturated carbocycles. The van der Waals surface area contributed by atoms with Gasteiger partial charge >= 0.3 is 0 Å². The minimum absolute atomic E-state index is 0.0139. The normalized spacial score (nSPS) is 15.8. The second kappa shape index (κ2) is 8.90. The zero-order chi connectivity index (χ0) is 22.8. The highest BCUT2D eigenvalue weighted by atomic mass is 16.5. The lowest BCUT2D eigenvalue weighted by molar-refractivity contribution is -0.121. The molecule has 0 radical (unpaired) electrons. The topological polar surface area (TPSA) is 75.5 Å². The summed E-state index contributed by atoms with van der Waals surface area (Å²) in [7, 11) is 1.66. The Hall–Kier alpha value is -3.94. The molecule has 1 saturated heterocycles. The van der Waals surface area contributed by atoms with Crippen LogP contribution in [0.2, 0.25) is 0 Å². The summed E-state index contributed by atoms with van der Waals surface area (Å²) in [6.07, 6.45) is 0. The molecule has 0 N–H and O–H groups in total. The summed E-state index contributed by atoms with van der Waals surface area (Å²) in [4.78, 5) is 31.1. The van der Waals surface area contributed by atoms with Crippen LogP contribution in [0.4, 0.5) is 11.4 Å². The van der Waals surface area contributed by atoms with Crippen LogP contribution in [0.3, 0.4) is 0 Å². The van der Waals surface area contributed by atoms with Crippen LogP contribution < -0.4 is 19.3 Å². The van der Waals surface area contributed by atoms with Gasteiger partial charge in [0.1, 0.15) is 17.3 Å². The Kier molecular flexibility index (Phi) is 5.64. The standard InChI is InChI=1S/C25H25N3O5/c1-31-21-8-4-2-6-19(21)26-12-14-27(15-13-26)25(30)23-11-10-18(33-23)16-28-20-7-3-5-9-22(20)32-17-24(28)29/h2-11H,12-17H2,1H3. The van der Waals surface area contributed by atoms with Crippen molar-refractivity contribution < 1.29 is 23.5 Å². The molecule has 170 valence electrons. The molecule has 5 rings (SSSR count). The Morgan fingerprint density at radius 3 is 2.45 bits per heavy atom. The number of fused-ring (bicyclic) bond motifs is 1. The molecule has 0 spiro atoms. The number of para-hydroxylation sites is 4. The van der Waals surface area contributed by atoms with E-state index < -0.39 is 0 Å².